The number of carboxylic acids is 1. The van der Waals surface area contributed by atoms with Gasteiger partial charge >= 0.3 is 5.97 Å². The molecule has 130 valence electrons. The third-order valence-electron chi connectivity index (χ3n) is 3.43. The van der Waals surface area contributed by atoms with Crippen LogP contribution in [0, 0.1) is 23.3 Å². The monoisotopic (exact) mass is 346 g/mol. The largest absolute Gasteiger partial charge is 0.477 e. The minimum atomic E-state index is -2.18. The zero-order valence-corrected chi connectivity index (χ0v) is 12.8. The number of carbonyl (C=O) groups excluding carboxylic acids is 1. The highest BCUT2D eigenvalue weighted by molar-refractivity contribution is 6.25. The van der Waals surface area contributed by atoms with Crippen molar-refractivity contribution in [2.24, 2.45) is 0 Å². The molecule has 0 atom stereocenters. The van der Waals surface area contributed by atoms with Gasteiger partial charge in [-0.25, -0.2) is 22.4 Å². The average molecular weight is 346 g/mol. The topological polar surface area (TPSA) is 69.6 Å². The van der Waals surface area contributed by atoms with Gasteiger partial charge < -0.3 is 15.3 Å². The van der Waals surface area contributed by atoms with Crippen LogP contribution < -0.4 is 10.2 Å². The normalized spacial score (nSPS) is 14.5. The van der Waals surface area contributed by atoms with E-state index in [1.807, 2.05) is 0 Å². The first kappa shape index (κ1) is 17.8. The number of nitrogens with zero attached hydrogens (tertiary/aromatic N) is 1. The van der Waals surface area contributed by atoms with Gasteiger partial charge in [-0.05, 0) is 12.8 Å². The molecule has 24 heavy (non-hydrogen) atoms. The number of carbonyl (C=O) groups is 2. The molecule has 2 rings (SSSR count). The highest BCUT2D eigenvalue weighted by Gasteiger charge is 2.33. The van der Waals surface area contributed by atoms with Crippen molar-refractivity contribution in [1.29, 1.82) is 0 Å². The summed E-state index contributed by atoms with van der Waals surface area (Å²) in [5, 5.41) is 11.8. The van der Waals surface area contributed by atoms with Crippen molar-refractivity contribution in [3.63, 3.8) is 0 Å². The molecule has 0 radical (unpaired) electrons. The van der Waals surface area contributed by atoms with Crippen molar-refractivity contribution in [3.8, 4) is 0 Å². The van der Waals surface area contributed by atoms with Gasteiger partial charge in [0.2, 0.25) is 5.78 Å². The van der Waals surface area contributed by atoms with Gasteiger partial charge in [-0.15, -0.1) is 0 Å². The standard InChI is InChI=1S/C15H14F4N2O3/c1-21(2)13-8(9(16)10(17)11(18)12(13)19)14(22)7(15(23)24)5-20-6-3-4-6/h5-6,20H,3-4H2,1-2H3,(H,23,24)/b7-5+. The minimum Gasteiger partial charge on any atom is -0.477 e. The van der Waals surface area contributed by atoms with E-state index < -0.39 is 51.8 Å². The van der Waals surface area contributed by atoms with Gasteiger partial charge in [0.15, 0.2) is 23.3 Å². The molecule has 1 aromatic carbocycles. The van der Waals surface area contributed by atoms with E-state index in [0.29, 0.717) is 0 Å². The molecule has 0 unspecified atom stereocenters. The number of carboxylic acid groups (broad SMARTS) is 1. The number of hydrogen-bond acceptors (Lipinski definition) is 4. The summed E-state index contributed by atoms with van der Waals surface area (Å²) in [7, 11) is 2.36. The van der Waals surface area contributed by atoms with Crippen molar-refractivity contribution >= 4 is 17.4 Å². The molecular weight excluding hydrogens is 332 g/mol. The van der Waals surface area contributed by atoms with Crippen LogP contribution >= 0.6 is 0 Å². The Kier molecular flexibility index (Phi) is 4.81. The van der Waals surface area contributed by atoms with E-state index in [1.165, 1.54) is 14.1 Å². The summed E-state index contributed by atoms with van der Waals surface area (Å²) in [6, 6.07) is -0.00740. The zero-order valence-electron chi connectivity index (χ0n) is 12.8. The summed E-state index contributed by atoms with van der Waals surface area (Å²) in [6.07, 6.45) is 2.41. The lowest BCUT2D eigenvalue weighted by Crippen LogP contribution is -2.24. The van der Waals surface area contributed by atoms with Gasteiger partial charge in [0.05, 0.1) is 11.3 Å². The molecule has 9 heteroatoms. The van der Waals surface area contributed by atoms with E-state index >= 15 is 0 Å². The molecule has 1 aromatic rings. The van der Waals surface area contributed by atoms with E-state index in [9.17, 15) is 27.2 Å². The molecule has 1 aliphatic rings. The molecule has 0 aromatic heterocycles. The fourth-order valence-electron chi connectivity index (χ4n) is 2.06. The maximum Gasteiger partial charge on any atom is 0.341 e. The van der Waals surface area contributed by atoms with Crippen molar-refractivity contribution in [3.05, 3.63) is 40.6 Å². The number of Topliss-reactive ketones (excluding diaryl/α,β-unsaturated/α-hetero) is 1. The molecule has 2 N–H and O–H groups in total. The first-order valence-electron chi connectivity index (χ1n) is 6.94. The molecule has 0 spiro atoms. The summed E-state index contributed by atoms with van der Waals surface area (Å²) in [5.74, 6) is -11.1. The minimum absolute atomic E-state index is 0.00740. The lowest BCUT2D eigenvalue weighted by atomic mass is 10.00. The Hall–Kier alpha value is -2.58. The second-order valence-electron chi connectivity index (χ2n) is 5.51. The molecule has 1 aliphatic carbocycles. The lowest BCUT2D eigenvalue weighted by molar-refractivity contribution is -0.132. The van der Waals surface area contributed by atoms with Crippen LogP contribution in [-0.2, 0) is 4.79 Å². The van der Waals surface area contributed by atoms with Crippen LogP contribution in [0.1, 0.15) is 23.2 Å². The molecule has 0 saturated heterocycles. The average Bonchev–Trinajstić information content (AvgIpc) is 3.31. The van der Waals surface area contributed by atoms with Gasteiger partial charge in [-0.3, -0.25) is 4.79 Å². The molecule has 5 nitrogen and oxygen atoms in total. The summed E-state index contributed by atoms with van der Waals surface area (Å²) < 4.78 is 54.9. The molecule has 0 bridgehead atoms. The van der Waals surface area contributed by atoms with Crippen molar-refractivity contribution in [2.45, 2.75) is 18.9 Å². The highest BCUT2D eigenvalue weighted by Crippen LogP contribution is 2.32. The number of aliphatic carboxylic acids is 1. The van der Waals surface area contributed by atoms with Crippen LogP contribution in [0.15, 0.2) is 11.8 Å². The molecular formula is C15H14F4N2O3. The zero-order chi connectivity index (χ0) is 18.2. The van der Waals surface area contributed by atoms with Gasteiger partial charge in [-0.1, -0.05) is 0 Å². The number of hydrogen-bond donors (Lipinski definition) is 2. The van der Waals surface area contributed by atoms with Crippen LogP contribution in [0.2, 0.25) is 0 Å². The fourth-order valence-corrected chi connectivity index (χ4v) is 2.06. The Bertz CT molecular complexity index is 743. The summed E-state index contributed by atoms with van der Waals surface area (Å²) in [6.45, 7) is 0. The third kappa shape index (κ3) is 3.19. The predicted molar refractivity (Wildman–Crippen MR) is 76.8 cm³/mol. The first-order chi connectivity index (χ1) is 11.2. The number of halogens is 4. The van der Waals surface area contributed by atoms with Crippen molar-refractivity contribution in [2.75, 3.05) is 19.0 Å². The summed E-state index contributed by atoms with van der Waals surface area (Å²) in [4.78, 5) is 24.5. The van der Waals surface area contributed by atoms with E-state index in [1.54, 1.807) is 0 Å². The Morgan fingerprint density at radius 1 is 1.08 bits per heavy atom. The van der Waals surface area contributed by atoms with Crippen molar-refractivity contribution in [1.82, 2.24) is 5.32 Å². The van der Waals surface area contributed by atoms with Crippen LogP contribution in [0.4, 0.5) is 23.2 Å². The Balaban J connectivity index is 2.62. The molecule has 1 saturated carbocycles. The first-order valence-corrected chi connectivity index (χ1v) is 6.94. The Morgan fingerprint density at radius 2 is 1.62 bits per heavy atom. The van der Waals surface area contributed by atoms with E-state index in [4.69, 9.17) is 5.11 Å². The summed E-state index contributed by atoms with van der Waals surface area (Å²) >= 11 is 0. The van der Waals surface area contributed by atoms with Crippen LogP contribution in [0.3, 0.4) is 0 Å². The molecule has 1 fully saturated rings. The molecule has 0 heterocycles. The maximum atomic E-state index is 14.1. The maximum absolute atomic E-state index is 14.1. The predicted octanol–water partition coefficient (Wildman–Crippen LogP) is 2.21. The van der Waals surface area contributed by atoms with Crippen molar-refractivity contribution < 1.29 is 32.3 Å². The van der Waals surface area contributed by atoms with E-state index in [0.717, 1.165) is 23.9 Å². The number of nitrogens with one attached hydrogen (secondary N) is 1. The van der Waals surface area contributed by atoms with Gasteiger partial charge in [0, 0.05) is 26.3 Å². The number of rotatable bonds is 6. The highest BCUT2D eigenvalue weighted by atomic mass is 19.2. The second kappa shape index (κ2) is 6.50. The third-order valence-corrected chi connectivity index (χ3v) is 3.43. The molecule has 0 aliphatic heterocycles. The van der Waals surface area contributed by atoms with Gasteiger partial charge in [0.1, 0.15) is 5.57 Å². The number of benzene rings is 1. The fraction of sp³-hybridized carbons (Fsp3) is 0.333. The van der Waals surface area contributed by atoms with Gasteiger partial charge in [-0.2, -0.15) is 0 Å². The summed E-state index contributed by atoms with van der Waals surface area (Å²) in [5.41, 5.74) is -2.95. The van der Waals surface area contributed by atoms with Gasteiger partial charge in [0.25, 0.3) is 0 Å². The van der Waals surface area contributed by atoms with Crippen LogP contribution in [0.25, 0.3) is 0 Å². The quantitative estimate of drug-likeness (QED) is 0.157. The Morgan fingerprint density at radius 3 is 2.08 bits per heavy atom. The van der Waals surface area contributed by atoms with Crippen LogP contribution in [0.5, 0.6) is 0 Å². The number of ketones is 1. The lowest BCUT2D eigenvalue weighted by Gasteiger charge is -2.19. The smallest absolute Gasteiger partial charge is 0.341 e. The SMILES string of the molecule is CN(C)c1c(F)c(F)c(F)c(F)c1C(=O)/C(=C\NC1CC1)C(=O)O. The van der Waals surface area contributed by atoms with E-state index in [-0.39, 0.29) is 6.04 Å². The van der Waals surface area contributed by atoms with Crippen LogP contribution in [-0.4, -0.2) is 37.0 Å². The second-order valence-corrected chi connectivity index (χ2v) is 5.51. The number of anilines is 1. The molecule has 0 amide bonds. The van der Waals surface area contributed by atoms with E-state index in [2.05, 4.69) is 5.32 Å². The Labute approximate surface area is 134 Å².